The van der Waals surface area contributed by atoms with E-state index in [9.17, 15) is 9.50 Å². The van der Waals surface area contributed by atoms with Gasteiger partial charge < -0.3 is 9.84 Å². The standard InChI is InChI=1S/C16H25FN2O2/c1-12-9-18(6-7-19(12)10-13(2)20)11-14-4-5-16(21-3)15(17)8-14/h4-5,8,12-13,20H,6-7,9-11H2,1-3H3/t12-,13-/m1/s1. The van der Waals surface area contributed by atoms with Gasteiger partial charge in [-0.05, 0) is 31.5 Å². The lowest BCUT2D eigenvalue weighted by atomic mass is 10.1. The molecule has 2 atom stereocenters. The van der Waals surface area contributed by atoms with Crippen LogP contribution in [0.25, 0.3) is 0 Å². The molecule has 1 aromatic rings. The number of nitrogens with zero attached hydrogens (tertiary/aromatic N) is 2. The van der Waals surface area contributed by atoms with Crippen molar-refractivity contribution in [3.05, 3.63) is 29.6 Å². The maximum absolute atomic E-state index is 13.7. The Labute approximate surface area is 126 Å². The normalized spacial score (nSPS) is 22.2. The van der Waals surface area contributed by atoms with Crippen molar-refractivity contribution in [2.24, 2.45) is 0 Å². The fraction of sp³-hybridized carbons (Fsp3) is 0.625. The number of methoxy groups -OCH3 is 1. The van der Waals surface area contributed by atoms with E-state index in [4.69, 9.17) is 4.74 Å². The number of hydrogen-bond donors (Lipinski definition) is 1. The van der Waals surface area contributed by atoms with E-state index in [1.54, 1.807) is 12.1 Å². The third-order valence-electron chi connectivity index (χ3n) is 3.97. The van der Waals surface area contributed by atoms with Gasteiger partial charge in [0.1, 0.15) is 0 Å². The molecule has 1 aromatic carbocycles. The minimum atomic E-state index is -0.309. The van der Waals surface area contributed by atoms with Gasteiger partial charge in [0, 0.05) is 38.8 Å². The van der Waals surface area contributed by atoms with Crippen LogP contribution in [0.5, 0.6) is 5.75 Å². The summed E-state index contributed by atoms with van der Waals surface area (Å²) in [7, 11) is 1.47. The molecule has 0 aromatic heterocycles. The summed E-state index contributed by atoms with van der Waals surface area (Å²) < 4.78 is 18.6. The van der Waals surface area contributed by atoms with Gasteiger partial charge in [-0.3, -0.25) is 9.80 Å². The Morgan fingerprint density at radius 3 is 2.76 bits per heavy atom. The Balaban J connectivity index is 1.92. The number of piperazine rings is 1. The monoisotopic (exact) mass is 296 g/mol. The van der Waals surface area contributed by atoms with Crippen LogP contribution < -0.4 is 4.74 Å². The van der Waals surface area contributed by atoms with Crippen molar-refractivity contribution in [2.45, 2.75) is 32.5 Å². The molecule has 0 saturated carbocycles. The number of aliphatic hydroxyl groups is 1. The third-order valence-corrected chi connectivity index (χ3v) is 3.97. The van der Waals surface area contributed by atoms with Gasteiger partial charge in [-0.25, -0.2) is 4.39 Å². The SMILES string of the molecule is COc1ccc(CN2CCN(C[C@@H](C)O)[C@H](C)C2)cc1F. The number of hydrogen-bond acceptors (Lipinski definition) is 4. The molecule has 0 aliphatic carbocycles. The van der Waals surface area contributed by atoms with Gasteiger partial charge in [-0.2, -0.15) is 0 Å². The highest BCUT2D eigenvalue weighted by atomic mass is 19.1. The first kappa shape index (κ1) is 16.2. The number of β-amino-alcohol motifs (C(OH)–C–C–N with tert-alkyl or cyclic N) is 1. The number of halogens is 1. The van der Waals surface area contributed by atoms with Crippen molar-refractivity contribution in [3.8, 4) is 5.75 Å². The second kappa shape index (κ2) is 7.20. The molecular formula is C16H25FN2O2. The molecular weight excluding hydrogens is 271 g/mol. The first-order valence-electron chi connectivity index (χ1n) is 7.46. The van der Waals surface area contributed by atoms with Crippen molar-refractivity contribution in [3.63, 3.8) is 0 Å². The summed E-state index contributed by atoms with van der Waals surface area (Å²) in [5, 5.41) is 9.49. The molecule has 118 valence electrons. The quantitative estimate of drug-likeness (QED) is 0.897. The van der Waals surface area contributed by atoms with E-state index < -0.39 is 0 Å². The molecule has 0 unspecified atom stereocenters. The van der Waals surface area contributed by atoms with Crippen LogP contribution in [0.2, 0.25) is 0 Å². The molecule has 0 amide bonds. The summed E-state index contributed by atoms with van der Waals surface area (Å²) in [6, 6.07) is 5.54. The van der Waals surface area contributed by atoms with Gasteiger partial charge >= 0.3 is 0 Å². The smallest absolute Gasteiger partial charge is 0.165 e. The van der Waals surface area contributed by atoms with Crippen LogP contribution >= 0.6 is 0 Å². The Hall–Kier alpha value is -1.17. The predicted molar refractivity (Wildman–Crippen MR) is 80.9 cm³/mol. The number of rotatable bonds is 5. The molecule has 1 heterocycles. The number of ether oxygens (including phenoxy) is 1. The highest BCUT2D eigenvalue weighted by molar-refractivity contribution is 5.29. The summed E-state index contributed by atoms with van der Waals surface area (Å²) in [6.45, 7) is 8.25. The first-order valence-corrected chi connectivity index (χ1v) is 7.46. The van der Waals surface area contributed by atoms with Crippen LogP contribution in [0, 0.1) is 5.82 Å². The summed E-state index contributed by atoms with van der Waals surface area (Å²) >= 11 is 0. The van der Waals surface area contributed by atoms with Crippen LogP contribution in [-0.2, 0) is 6.54 Å². The Bertz CT molecular complexity index is 468. The zero-order chi connectivity index (χ0) is 15.4. The second-order valence-corrected chi connectivity index (χ2v) is 5.90. The van der Waals surface area contributed by atoms with Crippen molar-refractivity contribution < 1.29 is 14.2 Å². The lowest BCUT2D eigenvalue weighted by Gasteiger charge is -2.40. The molecule has 1 aliphatic rings. The zero-order valence-corrected chi connectivity index (χ0v) is 13.1. The van der Waals surface area contributed by atoms with Crippen molar-refractivity contribution >= 4 is 0 Å². The summed E-state index contributed by atoms with van der Waals surface area (Å²) in [5.74, 6) is -0.0235. The summed E-state index contributed by atoms with van der Waals surface area (Å²) in [6.07, 6.45) is -0.297. The van der Waals surface area contributed by atoms with E-state index in [0.717, 1.165) is 31.7 Å². The van der Waals surface area contributed by atoms with Gasteiger partial charge in [0.15, 0.2) is 11.6 Å². The predicted octanol–water partition coefficient (Wildman–Crippen LogP) is 1.72. The van der Waals surface area contributed by atoms with Gasteiger partial charge in [-0.15, -0.1) is 0 Å². The van der Waals surface area contributed by atoms with Crippen LogP contribution in [0.3, 0.4) is 0 Å². The molecule has 0 bridgehead atoms. The molecule has 1 aliphatic heterocycles. The maximum Gasteiger partial charge on any atom is 0.165 e. The molecule has 0 radical (unpaired) electrons. The Kier molecular flexibility index (Phi) is 5.56. The van der Waals surface area contributed by atoms with E-state index >= 15 is 0 Å². The number of aliphatic hydroxyl groups excluding tert-OH is 1. The zero-order valence-electron chi connectivity index (χ0n) is 13.1. The van der Waals surface area contributed by atoms with Crippen molar-refractivity contribution in [1.29, 1.82) is 0 Å². The Morgan fingerprint density at radius 1 is 1.43 bits per heavy atom. The first-order chi connectivity index (χ1) is 9.99. The summed E-state index contributed by atoms with van der Waals surface area (Å²) in [4.78, 5) is 4.63. The van der Waals surface area contributed by atoms with E-state index in [1.165, 1.54) is 7.11 Å². The lowest BCUT2D eigenvalue weighted by molar-refractivity contribution is 0.0422. The van der Waals surface area contributed by atoms with Gasteiger partial charge in [-0.1, -0.05) is 6.07 Å². The van der Waals surface area contributed by atoms with Crippen molar-refractivity contribution in [1.82, 2.24) is 9.80 Å². The fourth-order valence-corrected chi connectivity index (χ4v) is 2.89. The molecule has 4 nitrogen and oxygen atoms in total. The maximum atomic E-state index is 13.7. The van der Waals surface area contributed by atoms with Crippen molar-refractivity contribution in [2.75, 3.05) is 33.3 Å². The molecule has 1 fully saturated rings. The third kappa shape index (κ3) is 4.40. The van der Waals surface area contributed by atoms with E-state index in [0.29, 0.717) is 12.6 Å². The largest absolute Gasteiger partial charge is 0.494 e. The average molecular weight is 296 g/mol. The minimum Gasteiger partial charge on any atom is -0.494 e. The Morgan fingerprint density at radius 2 is 2.19 bits per heavy atom. The van der Waals surface area contributed by atoms with Crippen LogP contribution in [0.15, 0.2) is 18.2 Å². The van der Waals surface area contributed by atoms with Crippen LogP contribution in [-0.4, -0.2) is 60.3 Å². The summed E-state index contributed by atoms with van der Waals surface area (Å²) in [5.41, 5.74) is 0.962. The van der Waals surface area contributed by atoms with E-state index in [2.05, 4.69) is 16.7 Å². The fourth-order valence-electron chi connectivity index (χ4n) is 2.89. The highest BCUT2D eigenvalue weighted by Gasteiger charge is 2.24. The molecule has 5 heteroatoms. The molecule has 2 rings (SSSR count). The molecule has 1 N–H and O–H groups in total. The number of benzene rings is 1. The lowest BCUT2D eigenvalue weighted by Crippen LogP contribution is -2.53. The minimum absolute atomic E-state index is 0.286. The molecule has 0 spiro atoms. The van der Waals surface area contributed by atoms with Crippen LogP contribution in [0.1, 0.15) is 19.4 Å². The average Bonchev–Trinajstić information content (AvgIpc) is 2.42. The molecule has 1 saturated heterocycles. The van der Waals surface area contributed by atoms with E-state index in [1.807, 2.05) is 13.0 Å². The van der Waals surface area contributed by atoms with E-state index in [-0.39, 0.29) is 17.7 Å². The van der Waals surface area contributed by atoms with Crippen LogP contribution in [0.4, 0.5) is 4.39 Å². The highest BCUT2D eigenvalue weighted by Crippen LogP contribution is 2.20. The van der Waals surface area contributed by atoms with Gasteiger partial charge in [0.2, 0.25) is 0 Å². The topological polar surface area (TPSA) is 35.9 Å². The van der Waals surface area contributed by atoms with Gasteiger partial charge in [0.25, 0.3) is 0 Å². The molecule has 21 heavy (non-hydrogen) atoms. The second-order valence-electron chi connectivity index (χ2n) is 5.90. The van der Waals surface area contributed by atoms with Gasteiger partial charge in [0.05, 0.1) is 13.2 Å².